The summed E-state index contributed by atoms with van der Waals surface area (Å²) >= 11 is 0. The lowest BCUT2D eigenvalue weighted by Gasteiger charge is -2.16. The van der Waals surface area contributed by atoms with Crippen molar-refractivity contribution in [3.8, 4) is 5.75 Å². The molecule has 0 spiro atoms. The van der Waals surface area contributed by atoms with Gasteiger partial charge >= 0.3 is 5.97 Å². The fourth-order valence-electron chi connectivity index (χ4n) is 2.64. The Morgan fingerprint density at radius 2 is 1.57 bits per heavy atom. The van der Waals surface area contributed by atoms with Crippen molar-refractivity contribution in [2.45, 2.75) is 19.3 Å². The lowest BCUT2D eigenvalue weighted by atomic mass is 9.95. The molecule has 0 amide bonds. The van der Waals surface area contributed by atoms with E-state index in [4.69, 9.17) is 4.74 Å². The van der Waals surface area contributed by atoms with Crippen LogP contribution in [0.3, 0.4) is 0 Å². The minimum absolute atomic E-state index is 0.0408. The molecule has 0 unspecified atom stereocenters. The smallest absolute Gasteiger partial charge is 0.314 e. The van der Waals surface area contributed by atoms with Gasteiger partial charge in [0.25, 0.3) is 0 Å². The van der Waals surface area contributed by atoms with Gasteiger partial charge in [0, 0.05) is 11.1 Å². The van der Waals surface area contributed by atoms with Gasteiger partial charge in [-0.25, -0.2) is 0 Å². The van der Waals surface area contributed by atoms with Gasteiger partial charge in [-0.2, -0.15) is 0 Å². The van der Waals surface area contributed by atoms with Gasteiger partial charge in [-0.3, -0.25) is 9.59 Å². The van der Waals surface area contributed by atoms with Crippen LogP contribution in [0.5, 0.6) is 5.75 Å². The Morgan fingerprint density at radius 3 is 2.22 bits per heavy atom. The molecule has 0 N–H and O–H groups in total. The summed E-state index contributed by atoms with van der Waals surface area (Å²) in [6.45, 7) is 0. The fourth-order valence-corrected chi connectivity index (χ4v) is 2.64. The van der Waals surface area contributed by atoms with Crippen molar-refractivity contribution in [1.29, 1.82) is 0 Å². The van der Waals surface area contributed by atoms with Gasteiger partial charge in [-0.15, -0.1) is 0 Å². The highest BCUT2D eigenvalue weighted by Gasteiger charge is 2.20. The van der Waals surface area contributed by atoms with Gasteiger partial charge in [0.1, 0.15) is 5.75 Å². The van der Waals surface area contributed by atoms with Crippen LogP contribution in [-0.2, 0) is 4.79 Å². The number of ketones is 1. The third-order valence-corrected chi connectivity index (χ3v) is 3.97. The summed E-state index contributed by atoms with van der Waals surface area (Å²) in [4.78, 5) is 24.4. The molecule has 3 heteroatoms. The van der Waals surface area contributed by atoms with E-state index in [1.807, 2.05) is 24.3 Å². The molecule has 0 saturated heterocycles. The monoisotopic (exact) mass is 306 g/mol. The van der Waals surface area contributed by atoms with Crippen molar-refractivity contribution in [3.05, 3.63) is 77.9 Å². The molecule has 3 nitrogen and oxygen atoms in total. The van der Waals surface area contributed by atoms with Crippen LogP contribution < -0.4 is 4.74 Å². The average Bonchev–Trinajstić information content (AvgIpc) is 2.63. The van der Waals surface area contributed by atoms with Gasteiger partial charge < -0.3 is 4.74 Å². The van der Waals surface area contributed by atoms with Crippen molar-refractivity contribution in [1.82, 2.24) is 0 Å². The van der Waals surface area contributed by atoms with Crippen molar-refractivity contribution >= 4 is 11.8 Å². The topological polar surface area (TPSA) is 43.4 Å². The predicted octanol–water partition coefficient (Wildman–Crippen LogP) is 4.18. The van der Waals surface area contributed by atoms with Crippen molar-refractivity contribution in [3.63, 3.8) is 0 Å². The lowest BCUT2D eigenvalue weighted by molar-refractivity contribution is -0.139. The highest BCUT2D eigenvalue weighted by molar-refractivity contribution is 6.09. The zero-order valence-electron chi connectivity index (χ0n) is 12.8. The van der Waals surface area contributed by atoms with Gasteiger partial charge in [-0.1, -0.05) is 42.5 Å². The molecular formula is C20H18O3. The molecule has 0 aromatic heterocycles. The highest BCUT2D eigenvalue weighted by atomic mass is 16.5. The van der Waals surface area contributed by atoms with Crippen molar-refractivity contribution < 1.29 is 14.3 Å². The number of benzene rings is 2. The predicted molar refractivity (Wildman–Crippen MR) is 88.4 cm³/mol. The average molecular weight is 306 g/mol. The van der Waals surface area contributed by atoms with Crippen LogP contribution in [-0.4, -0.2) is 11.8 Å². The van der Waals surface area contributed by atoms with Gasteiger partial charge in [-0.05, 0) is 43.5 Å². The van der Waals surface area contributed by atoms with Crippen LogP contribution in [0.1, 0.15) is 35.2 Å². The van der Waals surface area contributed by atoms with E-state index in [0.29, 0.717) is 16.9 Å². The normalized spacial score (nSPS) is 16.8. The molecule has 23 heavy (non-hydrogen) atoms. The number of hydrogen-bond acceptors (Lipinski definition) is 3. The number of rotatable bonds is 4. The van der Waals surface area contributed by atoms with Gasteiger partial charge in [0.05, 0.1) is 5.92 Å². The third kappa shape index (κ3) is 3.75. The maximum Gasteiger partial charge on any atom is 0.314 e. The maximum atomic E-state index is 12.3. The Balaban J connectivity index is 1.66. The molecule has 0 bridgehead atoms. The molecular weight excluding hydrogens is 288 g/mol. The summed E-state index contributed by atoms with van der Waals surface area (Å²) in [5.41, 5.74) is 1.22. The van der Waals surface area contributed by atoms with E-state index in [1.165, 1.54) is 0 Å². The zero-order chi connectivity index (χ0) is 16.1. The molecule has 2 aromatic rings. The molecule has 3 rings (SSSR count). The zero-order valence-corrected chi connectivity index (χ0v) is 12.8. The molecule has 1 atom stereocenters. The molecule has 2 aromatic carbocycles. The summed E-state index contributed by atoms with van der Waals surface area (Å²) in [5, 5.41) is 0. The second-order valence-electron chi connectivity index (χ2n) is 5.62. The largest absolute Gasteiger partial charge is 0.426 e. The van der Waals surface area contributed by atoms with E-state index < -0.39 is 0 Å². The summed E-state index contributed by atoms with van der Waals surface area (Å²) in [7, 11) is 0. The number of allylic oxidation sites excluding steroid dienone is 2. The Kier molecular flexibility index (Phi) is 4.67. The van der Waals surface area contributed by atoms with Crippen molar-refractivity contribution in [2.24, 2.45) is 5.92 Å². The van der Waals surface area contributed by atoms with Crippen LogP contribution in [0.25, 0.3) is 0 Å². The summed E-state index contributed by atoms with van der Waals surface area (Å²) in [5.74, 6) is 0.178. The Morgan fingerprint density at radius 1 is 0.870 bits per heavy atom. The van der Waals surface area contributed by atoms with E-state index >= 15 is 0 Å². The summed E-state index contributed by atoms with van der Waals surface area (Å²) in [6, 6.07) is 15.8. The standard InChI is InChI=1S/C20H18O3/c21-19(15-7-3-1-4-8-15)16-11-13-18(14-12-16)23-20(22)17-9-5-2-6-10-17/h1-5,7-8,11-14,17H,6,9-10H2/t17-/m1/s1. The van der Waals surface area contributed by atoms with Gasteiger partial charge in [0.2, 0.25) is 0 Å². The molecule has 0 saturated carbocycles. The molecule has 0 aliphatic heterocycles. The van der Waals surface area contributed by atoms with E-state index in [0.717, 1.165) is 19.3 Å². The first-order valence-electron chi connectivity index (χ1n) is 7.80. The summed E-state index contributed by atoms with van der Waals surface area (Å²) < 4.78 is 5.41. The fraction of sp³-hybridized carbons (Fsp3) is 0.200. The minimum atomic E-state index is -0.198. The number of ether oxygens (including phenoxy) is 1. The first-order valence-corrected chi connectivity index (χ1v) is 7.80. The summed E-state index contributed by atoms with van der Waals surface area (Å²) in [6.07, 6.45) is 6.61. The van der Waals surface area contributed by atoms with E-state index in [1.54, 1.807) is 36.4 Å². The minimum Gasteiger partial charge on any atom is -0.426 e. The Bertz CT molecular complexity index is 714. The number of carbonyl (C=O) groups is 2. The van der Waals surface area contributed by atoms with Crippen molar-refractivity contribution in [2.75, 3.05) is 0 Å². The maximum absolute atomic E-state index is 12.3. The number of esters is 1. The number of hydrogen-bond donors (Lipinski definition) is 0. The van der Waals surface area contributed by atoms with Crippen LogP contribution in [0, 0.1) is 5.92 Å². The highest BCUT2D eigenvalue weighted by Crippen LogP contribution is 2.22. The quantitative estimate of drug-likeness (QED) is 0.368. The second kappa shape index (κ2) is 7.05. The Hall–Kier alpha value is -2.68. The van der Waals surface area contributed by atoms with Crippen LogP contribution >= 0.6 is 0 Å². The lowest BCUT2D eigenvalue weighted by Crippen LogP contribution is -2.21. The van der Waals surface area contributed by atoms with E-state index in [9.17, 15) is 9.59 Å². The first-order chi connectivity index (χ1) is 11.2. The molecule has 116 valence electrons. The molecule has 0 fully saturated rings. The molecule has 1 aliphatic carbocycles. The van der Waals surface area contributed by atoms with Crippen LogP contribution in [0.2, 0.25) is 0 Å². The van der Waals surface area contributed by atoms with Gasteiger partial charge in [0.15, 0.2) is 5.78 Å². The number of carbonyl (C=O) groups excluding carboxylic acids is 2. The van der Waals surface area contributed by atoms with E-state index in [2.05, 4.69) is 6.08 Å². The molecule has 1 aliphatic rings. The Labute approximate surface area is 135 Å². The van der Waals surface area contributed by atoms with Crippen LogP contribution in [0.15, 0.2) is 66.7 Å². The van der Waals surface area contributed by atoms with Crippen LogP contribution in [0.4, 0.5) is 0 Å². The third-order valence-electron chi connectivity index (χ3n) is 3.97. The second-order valence-corrected chi connectivity index (χ2v) is 5.62. The molecule has 0 heterocycles. The first kappa shape index (κ1) is 15.2. The SMILES string of the molecule is O=C(c1ccccc1)c1ccc(OC(=O)[C@@H]2CC=CCC2)cc1. The molecule has 0 radical (unpaired) electrons. The van der Waals surface area contributed by atoms with E-state index in [-0.39, 0.29) is 17.7 Å².